The average molecular weight is 583 g/mol. The molecule has 0 spiro atoms. The Labute approximate surface area is 251 Å². The molecule has 1 aromatic carbocycles. The number of benzene rings is 1. The molecule has 2 amide bonds. The van der Waals surface area contributed by atoms with Crippen LogP contribution in [0.4, 0.5) is 11.6 Å². The summed E-state index contributed by atoms with van der Waals surface area (Å²) in [5.41, 5.74) is 1.87. The number of fused-ring (bicyclic) bond motifs is 1. The topological polar surface area (TPSA) is 128 Å². The van der Waals surface area contributed by atoms with Gasteiger partial charge in [0.25, 0.3) is 5.91 Å². The van der Waals surface area contributed by atoms with Crippen molar-refractivity contribution < 1.29 is 14.3 Å². The Kier molecular flexibility index (Phi) is 7.98. The summed E-state index contributed by atoms with van der Waals surface area (Å²) in [6.45, 7) is 7.47. The number of rotatable bonds is 7. The van der Waals surface area contributed by atoms with Crippen molar-refractivity contribution in [2.24, 2.45) is 5.41 Å². The van der Waals surface area contributed by atoms with Crippen LogP contribution >= 0.6 is 0 Å². The largest absolute Gasteiger partial charge is 0.456 e. The van der Waals surface area contributed by atoms with Gasteiger partial charge in [-0.3, -0.25) is 14.7 Å². The fourth-order valence-corrected chi connectivity index (χ4v) is 5.83. The van der Waals surface area contributed by atoms with Crippen molar-refractivity contribution in [3.8, 4) is 11.5 Å². The number of piperidine rings is 2. The normalized spacial score (nSPS) is 17.5. The van der Waals surface area contributed by atoms with E-state index in [0.717, 1.165) is 62.8 Å². The van der Waals surface area contributed by atoms with Gasteiger partial charge >= 0.3 is 0 Å². The molecule has 0 radical (unpaired) electrons. The molecule has 43 heavy (non-hydrogen) atoms. The molecule has 6 rings (SSSR count). The standard InChI is InChI=1S/C32H38N8O3/c1-21-8-14-33-26(20-21)36-30(41)22-4-6-24(7-5-22)43-25-9-15-34-28-27(25)29(38-37-28)35-23-10-16-40(17-11-23)31(42)32(2)12-18-39(3)19-13-32/h4-9,14-15,20,23H,10-13,16-19H2,1-3H3,(H,33,36,41)(H2,34,35,37,38). The predicted octanol–water partition coefficient (Wildman–Crippen LogP) is 4.84. The number of ether oxygens (including phenoxy) is 1. The molecule has 3 aromatic heterocycles. The van der Waals surface area contributed by atoms with Crippen molar-refractivity contribution in [1.29, 1.82) is 0 Å². The van der Waals surface area contributed by atoms with Crippen molar-refractivity contribution in [2.45, 2.75) is 45.6 Å². The second kappa shape index (κ2) is 12.0. The van der Waals surface area contributed by atoms with Gasteiger partial charge in [-0.2, -0.15) is 5.10 Å². The minimum atomic E-state index is -0.261. The lowest BCUT2D eigenvalue weighted by molar-refractivity contribution is -0.144. The highest BCUT2D eigenvalue weighted by Crippen LogP contribution is 2.36. The number of aromatic nitrogens is 4. The lowest BCUT2D eigenvalue weighted by atomic mass is 9.78. The van der Waals surface area contributed by atoms with Crippen molar-refractivity contribution in [3.63, 3.8) is 0 Å². The minimum Gasteiger partial charge on any atom is -0.456 e. The highest BCUT2D eigenvalue weighted by Gasteiger charge is 2.39. The smallest absolute Gasteiger partial charge is 0.256 e. The summed E-state index contributed by atoms with van der Waals surface area (Å²) in [6, 6.07) is 12.6. The number of H-pyrrole nitrogens is 1. The lowest BCUT2D eigenvalue weighted by Crippen LogP contribution is -2.51. The van der Waals surface area contributed by atoms with Crippen molar-refractivity contribution in [1.82, 2.24) is 30.0 Å². The fourth-order valence-electron chi connectivity index (χ4n) is 5.83. The summed E-state index contributed by atoms with van der Waals surface area (Å²) in [6.07, 6.45) is 6.84. The molecule has 5 heterocycles. The number of aromatic amines is 1. The molecule has 0 aliphatic carbocycles. The second-order valence-corrected chi connectivity index (χ2v) is 12.0. The number of hydrogen-bond donors (Lipinski definition) is 3. The third-order valence-electron chi connectivity index (χ3n) is 8.65. The molecular weight excluding hydrogens is 544 g/mol. The van der Waals surface area contributed by atoms with Gasteiger partial charge in [-0.25, -0.2) is 9.97 Å². The van der Waals surface area contributed by atoms with Gasteiger partial charge in [0.15, 0.2) is 11.5 Å². The highest BCUT2D eigenvalue weighted by atomic mass is 16.5. The molecule has 0 unspecified atom stereocenters. The van der Waals surface area contributed by atoms with Crippen LogP contribution in [0.25, 0.3) is 11.0 Å². The van der Waals surface area contributed by atoms with Gasteiger partial charge in [-0.15, -0.1) is 0 Å². The molecule has 0 bridgehead atoms. The first kappa shape index (κ1) is 28.6. The monoisotopic (exact) mass is 582 g/mol. The maximum absolute atomic E-state index is 13.4. The zero-order chi connectivity index (χ0) is 30.0. The van der Waals surface area contributed by atoms with E-state index in [-0.39, 0.29) is 17.4 Å². The zero-order valence-corrected chi connectivity index (χ0v) is 24.9. The van der Waals surface area contributed by atoms with Crippen LogP contribution in [0, 0.1) is 12.3 Å². The molecule has 0 saturated carbocycles. The van der Waals surface area contributed by atoms with Crippen molar-refractivity contribution in [3.05, 3.63) is 66.0 Å². The van der Waals surface area contributed by atoms with Crippen LogP contribution < -0.4 is 15.4 Å². The number of aryl methyl sites for hydroxylation is 1. The third-order valence-corrected chi connectivity index (χ3v) is 8.65. The third kappa shape index (κ3) is 6.31. The summed E-state index contributed by atoms with van der Waals surface area (Å²) in [7, 11) is 2.12. The van der Waals surface area contributed by atoms with Crippen LogP contribution in [0.5, 0.6) is 11.5 Å². The minimum absolute atomic E-state index is 0.176. The van der Waals surface area contributed by atoms with Gasteiger partial charge in [0.05, 0.1) is 0 Å². The Morgan fingerprint density at radius 2 is 1.72 bits per heavy atom. The van der Waals surface area contributed by atoms with E-state index in [4.69, 9.17) is 4.74 Å². The van der Waals surface area contributed by atoms with E-state index in [1.54, 1.807) is 42.7 Å². The number of hydrogen-bond acceptors (Lipinski definition) is 8. The molecule has 2 saturated heterocycles. The zero-order valence-electron chi connectivity index (χ0n) is 24.9. The van der Waals surface area contributed by atoms with E-state index in [1.165, 1.54) is 0 Å². The molecule has 11 nitrogen and oxygen atoms in total. The van der Waals surface area contributed by atoms with Crippen LogP contribution in [0.2, 0.25) is 0 Å². The van der Waals surface area contributed by atoms with Crippen molar-refractivity contribution >= 4 is 34.5 Å². The summed E-state index contributed by atoms with van der Waals surface area (Å²) in [5, 5.41) is 14.6. The molecule has 0 atom stereocenters. The summed E-state index contributed by atoms with van der Waals surface area (Å²) in [5.74, 6) is 2.41. The number of nitrogens with one attached hydrogen (secondary N) is 3. The van der Waals surface area contributed by atoms with E-state index in [9.17, 15) is 9.59 Å². The first-order valence-electron chi connectivity index (χ1n) is 14.9. The molecule has 11 heteroatoms. The van der Waals surface area contributed by atoms with E-state index in [0.29, 0.717) is 40.3 Å². The molecular formula is C32H38N8O3. The van der Waals surface area contributed by atoms with Crippen LogP contribution in [-0.4, -0.2) is 81.0 Å². The maximum Gasteiger partial charge on any atom is 0.256 e. The number of carbonyl (C=O) groups excluding carboxylic acids is 2. The first-order chi connectivity index (χ1) is 20.8. The lowest BCUT2D eigenvalue weighted by Gasteiger charge is -2.42. The average Bonchev–Trinajstić information content (AvgIpc) is 3.42. The van der Waals surface area contributed by atoms with Gasteiger partial charge in [0, 0.05) is 48.6 Å². The second-order valence-electron chi connectivity index (χ2n) is 12.0. The molecule has 2 fully saturated rings. The number of amides is 2. The van der Waals surface area contributed by atoms with Gasteiger partial charge < -0.3 is 25.2 Å². The number of nitrogens with zero attached hydrogens (tertiary/aromatic N) is 5. The van der Waals surface area contributed by atoms with E-state index in [1.807, 2.05) is 24.0 Å². The van der Waals surface area contributed by atoms with E-state index >= 15 is 0 Å². The summed E-state index contributed by atoms with van der Waals surface area (Å²) < 4.78 is 6.24. The van der Waals surface area contributed by atoms with E-state index < -0.39 is 0 Å². The Balaban J connectivity index is 1.09. The van der Waals surface area contributed by atoms with Crippen LogP contribution in [0.15, 0.2) is 54.9 Å². The maximum atomic E-state index is 13.4. The number of carbonyl (C=O) groups is 2. The molecule has 2 aliphatic rings. The number of likely N-dealkylation sites (tertiary alicyclic amines) is 2. The summed E-state index contributed by atoms with van der Waals surface area (Å²) >= 11 is 0. The number of pyridine rings is 2. The Bertz CT molecular complexity index is 1600. The Hall–Kier alpha value is -4.51. The SMILES string of the molecule is Cc1ccnc(NC(=O)c2ccc(Oc3ccnc4[nH]nc(NC5CCN(C(=O)C6(C)CCN(C)CC6)CC5)c34)cc2)c1. The van der Waals surface area contributed by atoms with Crippen LogP contribution in [0.1, 0.15) is 48.5 Å². The fraction of sp³-hybridized carbons (Fsp3) is 0.406. The summed E-state index contributed by atoms with van der Waals surface area (Å²) in [4.78, 5) is 39.0. The molecule has 4 aromatic rings. The predicted molar refractivity (Wildman–Crippen MR) is 165 cm³/mol. The van der Waals surface area contributed by atoms with Crippen LogP contribution in [0.3, 0.4) is 0 Å². The van der Waals surface area contributed by atoms with E-state index in [2.05, 4.69) is 49.7 Å². The van der Waals surface area contributed by atoms with Gasteiger partial charge in [-0.05, 0) is 94.7 Å². The van der Waals surface area contributed by atoms with Gasteiger partial charge in [0.2, 0.25) is 5.91 Å². The molecule has 224 valence electrons. The number of anilines is 2. The van der Waals surface area contributed by atoms with Gasteiger partial charge in [-0.1, -0.05) is 6.92 Å². The van der Waals surface area contributed by atoms with Gasteiger partial charge in [0.1, 0.15) is 22.7 Å². The van der Waals surface area contributed by atoms with Crippen LogP contribution in [-0.2, 0) is 4.79 Å². The Morgan fingerprint density at radius 3 is 2.44 bits per heavy atom. The molecule has 3 N–H and O–H groups in total. The Morgan fingerprint density at radius 1 is 1.00 bits per heavy atom. The van der Waals surface area contributed by atoms with Crippen molar-refractivity contribution in [2.75, 3.05) is 43.9 Å². The first-order valence-corrected chi connectivity index (χ1v) is 14.9. The quantitative estimate of drug-likeness (QED) is 0.282. The highest BCUT2D eigenvalue weighted by molar-refractivity contribution is 6.03. The molecule has 2 aliphatic heterocycles.